The molecule has 1 aromatic heterocycles. The fourth-order valence-corrected chi connectivity index (χ4v) is 1.31. The Hall–Kier alpha value is -2.27. The number of rotatable bonds is 2. The second kappa shape index (κ2) is 4.50. The Morgan fingerprint density at radius 3 is 2.62 bits per heavy atom. The van der Waals surface area contributed by atoms with Crippen LogP contribution in [0.2, 0.25) is 0 Å². The van der Waals surface area contributed by atoms with E-state index in [1.54, 1.807) is 0 Å². The van der Waals surface area contributed by atoms with Crippen molar-refractivity contribution in [3.63, 3.8) is 0 Å². The van der Waals surface area contributed by atoms with Crippen molar-refractivity contribution in [1.29, 1.82) is 0 Å². The predicted molar refractivity (Wildman–Crippen MR) is 56.7 cm³/mol. The normalized spacial score (nSPS) is 9.81. The molecule has 0 unspecified atom stereocenters. The molecule has 2 rings (SSSR count). The summed E-state index contributed by atoms with van der Waals surface area (Å²) >= 11 is 0. The third kappa shape index (κ3) is 2.04. The molecule has 0 spiro atoms. The molecule has 0 atom stereocenters. The summed E-state index contributed by atoms with van der Waals surface area (Å²) in [6.45, 7) is 0. The lowest BCUT2D eigenvalue weighted by Crippen LogP contribution is -2.20. The highest BCUT2D eigenvalue weighted by molar-refractivity contribution is 5.92. The van der Waals surface area contributed by atoms with Crippen molar-refractivity contribution in [2.75, 3.05) is 0 Å². The number of hydrogen-bond donors (Lipinski definition) is 2. The van der Waals surface area contributed by atoms with E-state index in [0.717, 1.165) is 5.56 Å². The largest absolute Gasteiger partial charge is 0.293 e. The first-order valence-electron chi connectivity index (χ1n) is 4.63. The van der Waals surface area contributed by atoms with E-state index in [1.807, 2.05) is 30.3 Å². The maximum atomic E-state index is 11.1. The average molecular weight is 215 g/mol. The molecule has 2 aromatic rings. The highest BCUT2D eigenvalue weighted by Gasteiger charge is 2.07. The minimum absolute atomic E-state index is 0.122. The second-order valence-electron chi connectivity index (χ2n) is 3.10. The van der Waals surface area contributed by atoms with Crippen LogP contribution >= 0.6 is 0 Å². The highest BCUT2D eigenvalue weighted by atomic mass is 16.5. The minimum atomic E-state index is -0.653. The molecule has 16 heavy (non-hydrogen) atoms. The van der Waals surface area contributed by atoms with Gasteiger partial charge in [0.1, 0.15) is 12.0 Å². The van der Waals surface area contributed by atoms with Gasteiger partial charge in [0.2, 0.25) is 0 Å². The number of nitrogens with zero attached hydrogens (tertiary/aromatic N) is 2. The van der Waals surface area contributed by atoms with Crippen LogP contribution in [0.15, 0.2) is 42.7 Å². The minimum Gasteiger partial charge on any atom is -0.288 e. The van der Waals surface area contributed by atoms with Crippen LogP contribution in [0.4, 0.5) is 0 Å². The van der Waals surface area contributed by atoms with Gasteiger partial charge in [0.15, 0.2) is 0 Å². The number of hydrogen-bond acceptors (Lipinski definition) is 4. The molecule has 0 aliphatic carbocycles. The molecule has 5 nitrogen and oxygen atoms in total. The Bertz CT molecular complexity index is 500. The molecular weight excluding hydrogens is 206 g/mol. The van der Waals surface area contributed by atoms with Gasteiger partial charge < -0.3 is 0 Å². The summed E-state index contributed by atoms with van der Waals surface area (Å²) in [7, 11) is 0. The van der Waals surface area contributed by atoms with Gasteiger partial charge in [-0.2, -0.15) is 0 Å². The topological polar surface area (TPSA) is 75.1 Å². The van der Waals surface area contributed by atoms with Gasteiger partial charge in [-0.3, -0.25) is 10.0 Å². The standard InChI is InChI=1S/C11H9N3O2/c15-11(14-16)10-6-9(12-7-13-10)8-4-2-1-3-5-8/h1-7,16H,(H,14,15). The predicted octanol–water partition coefficient (Wildman–Crippen LogP) is 1.26. The van der Waals surface area contributed by atoms with Gasteiger partial charge in [-0.1, -0.05) is 30.3 Å². The lowest BCUT2D eigenvalue weighted by Gasteiger charge is -2.02. The molecule has 1 aromatic carbocycles. The summed E-state index contributed by atoms with van der Waals surface area (Å²) in [6.07, 6.45) is 1.28. The third-order valence-electron chi connectivity index (χ3n) is 2.07. The summed E-state index contributed by atoms with van der Waals surface area (Å²) in [4.78, 5) is 19.0. The van der Waals surface area contributed by atoms with E-state index in [2.05, 4.69) is 9.97 Å². The fraction of sp³-hybridized carbons (Fsp3) is 0. The Balaban J connectivity index is 2.40. The number of benzene rings is 1. The van der Waals surface area contributed by atoms with Crippen molar-refractivity contribution >= 4 is 5.91 Å². The first kappa shape index (κ1) is 10.3. The van der Waals surface area contributed by atoms with Crippen molar-refractivity contribution in [3.05, 3.63) is 48.4 Å². The number of hydroxylamine groups is 1. The number of nitrogens with one attached hydrogen (secondary N) is 1. The molecule has 0 bridgehead atoms. The Morgan fingerprint density at radius 2 is 1.94 bits per heavy atom. The molecule has 0 saturated carbocycles. The molecule has 0 aliphatic heterocycles. The molecule has 80 valence electrons. The highest BCUT2D eigenvalue weighted by Crippen LogP contribution is 2.15. The first-order valence-corrected chi connectivity index (χ1v) is 4.63. The van der Waals surface area contributed by atoms with E-state index in [4.69, 9.17) is 5.21 Å². The quantitative estimate of drug-likeness (QED) is 0.584. The van der Waals surface area contributed by atoms with Crippen molar-refractivity contribution in [1.82, 2.24) is 15.4 Å². The van der Waals surface area contributed by atoms with E-state index in [1.165, 1.54) is 17.9 Å². The van der Waals surface area contributed by atoms with Gasteiger partial charge in [0.25, 0.3) is 5.91 Å². The van der Waals surface area contributed by atoms with Crippen molar-refractivity contribution in [2.24, 2.45) is 0 Å². The van der Waals surface area contributed by atoms with E-state index in [-0.39, 0.29) is 5.69 Å². The molecule has 0 radical (unpaired) electrons. The van der Waals surface area contributed by atoms with Gasteiger partial charge in [0.05, 0.1) is 5.69 Å². The van der Waals surface area contributed by atoms with Crippen LogP contribution in [0.3, 0.4) is 0 Å². The third-order valence-corrected chi connectivity index (χ3v) is 2.07. The van der Waals surface area contributed by atoms with Crippen molar-refractivity contribution in [3.8, 4) is 11.3 Å². The lowest BCUT2D eigenvalue weighted by molar-refractivity contribution is 0.0700. The number of aromatic nitrogens is 2. The zero-order valence-electron chi connectivity index (χ0n) is 8.29. The van der Waals surface area contributed by atoms with Gasteiger partial charge in [-0.25, -0.2) is 15.4 Å². The summed E-state index contributed by atoms with van der Waals surface area (Å²) in [5, 5.41) is 8.49. The Kier molecular flexibility index (Phi) is 2.88. The van der Waals surface area contributed by atoms with Crippen LogP contribution in [0.5, 0.6) is 0 Å². The van der Waals surface area contributed by atoms with E-state index in [0.29, 0.717) is 5.69 Å². The maximum Gasteiger partial charge on any atom is 0.293 e. The van der Waals surface area contributed by atoms with Crippen LogP contribution in [-0.2, 0) is 0 Å². The van der Waals surface area contributed by atoms with E-state index in [9.17, 15) is 4.79 Å². The monoisotopic (exact) mass is 215 g/mol. The molecule has 2 N–H and O–H groups in total. The van der Waals surface area contributed by atoms with Crippen LogP contribution in [0.25, 0.3) is 11.3 Å². The SMILES string of the molecule is O=C(NO)c1cc(-c2ccccc2)ncn1. The first-order chi connectivity index (χ1) is 7.81. The molecule has 1 heterocycles. The van der Waals surface area contributed by atoms with E-state index < -0.39 is 5.91 Å². The van der Waals surface area contributed by atoms with Gasteiger partial charge in [0, 0.05) is 5.56 Å². The van der Waals surface area contributed by atoms with E-state index >= 15 is 0 Å². The van der Waals surface area contributed by atoms with Gasteiger partial charge in [-0.05, 0) is 6.07 Å². The summed E-state index contributed by atoms with van der Waals surface area (Å²) < 4.78 is 0. The molecular formula is C11H9N3O2. The van der Waals surface area contributed by atoms with Crippen LogP contribution in [-0.4, -0.2) is 21.1 Å². The lowest BCUT2D eigenvalue weighted by atomic mass is 10.1. The van der Waals surface area contributed by atoms with Crippen LogP contribution < -0.4 is 5.48 Å². The molecule has 5 heteroatoms. The Labute approximate surface area is 91.8 Å². The van der Waals surface area contributed by atoms with Gasteiger partial charge >= 0.3 is 0 Å². The number of amides is 1. The second-order valence-corrected chi connectivity index (χ2v) is 3.10. The van der Waals surface area contributed by atoms with Crippen LogP contribution in [0, 0.1) is 0 Å². The molecule has 0 aliphatic rings. The number of carbonyl (C=O) groups is 1. The zero-order chi connectivity index (χ0) is 11.4. The fourth-order valence-electron chi connectivity index (χ4n) is 1.31. The van der Waals surface area contributed by atoms with Crippen molar-refractivity contribution < 1.29 is 10.0 Å². The van der Waals surface area contributed by atoms with Crippen molar-refractivity contribution in [2.45, 2.75) is 0 Å². The number of carbonyl (C=O) groups excluding carboxylic acids is 1. The molecule has 0 fully saturated rings. The average Bonchev–Trinajstić information content (AvgIpc) is 2.39. The summed E-state index contributed by atoms with van der Waals surface area (Å²) in [5.41, 5.74) is 3.17. The summed E-state index contributed by atoms with van der Waals surface area (Å²) in [5.74, 6) is -0.653. The Morgan fingerprint density at radius 1 is 1.19 bits per heavy atom. The molecule has 1 amide bonds. The summed E-state index contributed by atoms with van der Waals surface area (Å²) in [6, 6.07) is 10.9. The smallest absolute Gasteiger partial charge is 0.288 e. The van der Waals surface area contributed by atoms with Gasteiger partial charge in [-0.15, -0.1) is 0 Å². The molecule has 0 saturated heterocycles. The zero-order valence-corrected chi connectivity index (χ0v) is 8.29. The maximum absolute atomic E-state index is 11.1. The van der Waals surface area contributed by atoms with Crippen LogP contribution in [0.1, 0.15) is 10.5 Å².